The zero-order valence-corrected chi connectivity index (χ0v) is 17.7. The summed E-state index contributed by atoms with van der Waals surface area (Å²) in [5.41, 5.74) is 2.18. The Hall–Kier alpha value is -3.29. The van der Waals surface area contributed by atoms with Gasteiger partial charge in [-0.1, -0.05) is 12.8 Å². The Morgan fingerprint density at radius 3 is 2.52 bits per heavy atom. The number of benzene rings is 1. The summed E-state index contributed by atoms with van der Waals surface area (Å²) >= 11 is 0. The van der Waals surface area contributed by atoms with Gasteiger partial charge < -0.3 is 19.4 Å². The Kier molecular flexibility index (Phi) is 4.53. The van der Waals surface area contributed by atoms with Gasteiger partial charge in [0.15, 0.2) is 17.3 Å². The quantitative estimate of drug-likeness (QED) is 0.603. The summed E-state index contributed by atoms with van der Waals surface area (Å²) in [5.74, 6) is 0.845. The van der Waals surface area contributed by atoms with E-state index in [1.165, 1.54) is 0 Å². The van der Waals surface area contributed by atoms with Crippen LogP contribution in [0.2, 0.25) is 0 Å². The number of urea groups is 1. The van der Waals surface area contributed by atoms with E-state index in [0.29, 0.717) is 43.1 Å². The zero-order chi connectivity index (χ0) is 21.8. The summed E-state index contributed by atoms with van der Waals surface area (Å²) < 4.78 is 13.2. The number of nitrogens with one attached hydrogen (secondary N) is 1. The molecule has 3 amide bonds. The predicted octanol–water partition coefficient (Wildman–Crippen LogP) is 2.91. The van der Waals surface area contributed by atoms with Gasteiger partial charge in [0, 0.05) is 28.7 Å². The topological polar surface area (TPSA) is 89.9 Å². The van der Waals surface area contributed by atoms with Crippen molar-refractivity contribution in [2.45, 2.75) is 45.1 Å². The summed E-state index contributed by atoms with van der Waals surface area (Å²) in [6.45, 7) is 4.55. The van der Waals surface area contributed by atoms with Gasteiger partial charge in [0.2, 0.25) is 0 Å². The van der Waals surface area contributed by atoms with Crippen LogP contribution in [-0.2, 0) is 4.79 Å². The first-order chi connectivity index (χ1) is 14.9. The third kappa shape index (κ3) is 3.08. The molecule has 3 heterocycles. The summed E-state index contributed by atoms with van der Waals surface area (Å²) in [6.07, 6.45) is 3.09. The normalized spacial score (nSPS) is 19.2. The second-order valence-corrected chi connectivity index (χ2v) is 8.48. The van der Waals surface area contributed by atoms with Crippen LogP contribution in [-0.4, -0.2) is 52.5 Å². The van der Waals surface area contributed by atoms with Crippen LogP contribution in [0.15, 0.2) is 24.3 Å². The minimum atomic E-state index is -0.806. The van der Waals surface area contributed by atoms with Gasteiger partial charge in [-0.25, -0.2) is 4.79 Å². The van der Waals surface area contributed by atoms with Crippen molar-refractivity contribution in [2.24, 2.45) is 0 Å². The highest BCUT2D eigenvalue weighted by Crippen LogP contribution is 2.36. The van der Waals surface area contributed by atoms with Crippen LogP contribution in [0.1, 0.15) is 47.4 Å². The fraction of sp³-hybridized carbons (Fsp3) is 0.435. The zero-order valence-electron chi connectivity index (χ0n) is 17.7. The number of nitrogens with zero attached hydrogens (tertiary/aromatic N) is 2. The van der Waals surface area contributed by atoms with Gasteiger partial charge >= 0.3 is 6.03 Å². The molecule has 0 bridgehead atoms. The molecule has 8 heteroatoms. The van der Waals surface area contributed by atoms with Crippen molar-refractivity contribution in [3.8, 4) is 17.2 Å². The predicted molar refractivity (Wildman–Crippen MR) is 112 cm³/mol. The molecule has 1 aromatic carbocycles. The number of amides is 3. The molecule has 8 nitrogen and oxygen atoms in total. The Morgan fingerprint density at radius 2 is 1.77 bits per heavy atom. The van der Waals surface area contributed by atoms with E-state index in [1.807, 2.05) is 36.6 Å². The first-order valence-corrected chi connectivity index (χ1v) is 10.7. The highest BCUT2D eigenvalue weighted by molar-refractivity contribution is 6.11. The van der Waals surface area contributed by atoms with Crippen molar-refractivity contribution in [3.63, 3.8) is 0 Å². The minimum Gasteiger partial charge on any atom is -0.486 e. The maximum Gasteiger partial charge on any atom is 0.325 e. The van der Waals surface area contributed by atoms with Crippen LogP contribution in [0.4, 0.5) is 4.79 Å². The van der Waals surface area contributed by atoms with Crippen molar-refractivity contribution in [3.05, 3.63) is 41.2 Å². The molecule has 3 aliphatic rings. The lowest BCUT2D eigenvalue weighted by Crippen LogP contribution is -2.44. The van der Waals surface area contributed by atoms with Crippen LogP contribution >= 0.6 is 0 Å². The van der Waals surface area contributed by atoms with Crippen molar-refractivity contribution in [1.29, 1.82) is 0 Å². The van der Waals surface area contributed by atoms with Crippen LogP contribution in [0.25, 0.3) is 5.69 Å². The number of aryl methyl sites for hydroxylation is 1. The third-order valence-corrected chi connectivity index (χ3v) is 6.52. The van der Waals surface area contributed by atoms with Gasteiger partial charge in [0.1, 0.15) is 18.8 Å². The number of ketones is 1. The van der Waals surface area contributed by atoms with Crippen LogP contribution < -0.4 is 14.8 Å². The molecule has 31 heavy (non-hydrogen) atoms. The fourth-order valence-electron chi connectivity index (χ4n) is 4.98. The summed E-state index contributed by atoms with van der Waals surface area (Å²) in [5, 5.41) is 2.83. The van der Waals surface area contributed by atoms with Crippen molar-refractivity contribution < 1.29 is 23.9 Å². The second kappa shape index (κ2) is 7.14. The van der Waals surface area contributed by atoms with Gasteiger partial charge in [-0.2, -0.15) is 0 Å². The van der Waals surface area contributed by atoms with E-state index in [1.54, 1.807) is 6.07 Å². The van der Waals surface area contributed by atoms with Crippen molar-refractivity contribution in [2.75, 3.05) is 19.8 Å². The molecule has 1 saturated carbocycles. The van der Waals surface area contributed by atoms with Gasteiger partial charge in [-0.3, -0.25) is 14.5 Å². The summed E-state index contributed by atoms with van der Waals surface area (Å²) in [6, 6.07) is 7.00. The van der Waals surface area contributed by atoms with Gasteiger partial charge in [-0.15, -0.1) is 0 Å². The highest BCUT2D eigenvalue weighted by Gasteiger charge is 2.52. The Balaban J connectivity index is 1.41. The molecule has 5 rings (SSSR count). The lowest BCUT2D eigenvalue weighted by molar-refractivity contribution is -0.130. The third-order valence-electron chi connectivity index (χ3n) is 6.52. The number of carbonyl (C=O) groups excluding carboxylic acids is 3. The number of aromatic nitrogens is 1. The van der Waals surface area contributed by atoms with Gasteiger partial charge in [0.05, 0.1) is 6.54 Å². The SMILES string of the molecule is Cc1cc(C(=O)CN2C(=O)NC3(CCCC3)C2=O)c(C)n1-c1ccc2c(c1)OCCO2. The molecular formula is C23H25N3O5. The number of ether oxygens (including phenoxy) is 2. The van der Waals surface area contributed by atoms with E-state index in [9.17, 15) is 14.4 Å². The van der Waals surface area contributed by atoms with Gasteiger partial charge in [-0.05, 0) is 44.9 Å². The van der Waals surface area contributed by atoms with E-state index < -0.39 is 11.6 Å². The lowest BCUT2D eigenvalue weighted by Gasteiger charge is -2.20. The van der Waals surface area contributed by atoms with E-state index in [4.69, 9.17) is 9.47 Å². The molecule has 1 N–H and O–H groups in total. The van der Waals surface area contributed by atoms with Crippen LogP contribution in [0, 0.1) is 13.8 Å². The molecule has 0 atom stereocenters. The van der Waals surface area contributed by atoms with E-state index >= 15 is 0 Å². The monoisotopic (exact) mass is 423 g/mol. The molecule has 1 aliphatic carbocycles. The van der Waals surface area contributed by atoms with Crippen LogP contribution in [0.5, 0.6) is 11.5 Å². The van der Waals surface area contributed by atoms with Crippen molar-refractivity contribution >= 4 is 17.7 Å². The number of hydrogen-bond acceptors (Lipinski definition) is 5. The molecule has 2 fully saturated rings. The molecule has 0 radical (unpaired) electrons. The molecular weight excluding hydrogens is 398 g/mol. The largest absolute Gasteiger partial charge is 0.486 e. The average molecular weight is 423 g/mol. The standard InChI is InChI=1S/C23H25N3O5/c1-14-11-17(15(2)26(14)16-5-6-19-20(12-16)31-10-9-30-19)18(27)13-25-21(28)23(24-22(25)29)7-3-4-8-23/h5-6,11-12H,3-4,7-10,13H2,1-2H3,(H,24,29). The van der Waals surface area contributed by atoms with Crippen LogP contribution in [0.3, 0.4) is 0 Å². The fourth-order valence-corrected chi connectivity index (χ4v) is 4.98. The molecule has 1 spiro atoms. The molecule has 162 valence electrons. The molecule has 0 unspecified atom stereocenters. The Bertz CT molecular complexity index is 1100. The Labute approximate surface area is 180 Å². The first kappa shape index (κ1) is 19.7. The minimum absolute atomic E-state index is 0.252. The number of carbonyl (C=O) groups is 3. The second-order valence-electron chi connectivity index (χ2n) is 8.48. The van der Waals surface area contributed by atoms with Gasteiger partial charge in [0.25, 0.3) is 5.91 Å². The molecule has 2 aromatic rings. The van der Waals surface area contributed by atoms with E-state index in [2.05, 4.69) is 5.32 Å². The van der Waals surface area contributed by atoms with E-state index in [-0.39, 0.29) is 18.2 Å². The number of Topliss-reactive ketones (excluding diaryl/α,β-unsaturated/α-hetero) is 1. The average Bonchev–Trinajstić information content (AvgIpc) is 3.41. The Morgan fingerprint density at radius 1 is 1.06 bits per heavy atom. The summed E-state index contributed by atoms with van der Waals surface area (Å²) in [4.78, 5) is 39.5. The maximum atomic E-state index is 13.1. The van der Waals surface area contributed by atoms with E-state index in [0.717, 1.165) is 34.8 Å². The molecule has 2 aliphatic heterocycles. The number of rotatable bonds is 4. The smallest absolute Gasteiger partial charge is 0.325 e. The molecule has 1 saturated heterocycles. The summed E-state index contributed by atoms with van der Waals surface area (Å²) in [7, 11) is 0. The van der Waals surface area contributed by atoms with Crippen molar-refractivity contribution in [1.82, 2.24) is 14.8 Å². The number of hydrogen-bond donors (Lipinski definition) is 1. The molecule has 1 aromatic heterocycles. The highest BCUT2D eigenvalue weighted by atomic mass is 16.6. The maximum absolute atomic E-state index is 13.1. The first-order valence-electron chi connectivity index (χ1n) is 10.7. The lowest BCUT2D eigenvalue weighted by atomic mass is 9.98. The number of fused-ring (bicyclic) bond motifs is 1. The number of imide groups is 1.